The van der Waals surface area contributed by atoms with Crippen LogP contribution in [0.1, 0.15) is 126 Å². The molecular weight excluding hydrogens is 1120 g/mol. The lowest BCUT2D eigenvalue weighted by Gasteiger charge is -2.28. The number of hydrogen-bond acceptors (Lipinski definition) is 19. The zero-order chi connectivity index (χ0) is 61.9. The van der Waals surface area contributed by atoms with Gasteiger partial charge in [-0.05, 0) is 196 Å². The minimum absolute atomic E-state index is 0.0819. The van der Waals surface area contributed by atoms with Crippen molar-refractivity contribution in [2.75, 3.05) is 60.3 Å². The Balaban J connectivity index is 0.000000146. The topological polar surface area (TPSA) is 228 Å². The summed E-state index contributed by atoms with van der Waals surface area (Å²) in [7, 11) is 4.25. The van der Waals surface area contributed by atoms with Crippen LogP contribution in [-0.2, 0) is 19.3 Å². The highest BCUT2D eigenvalue weighted by Crippen LogP contribution is 2.43. The van der Waals surface area contributed by atoms with Crippen LogP contribution in [0.2, 0.25) is 0 Å². The third-order valence-corrected chi connectivity index (χ3v) is 15.7. The monoisotopic (exact) mass is 1200 g/mol. The van der Waals surface area contributed by atoms with E-state index < -0.39 is 6.10 Å². The Morgan fingerprint density at radius 1 is 0.477 bits per heavy atom. The van der Waals surface area contributed by atoms with Crippen LogP contribution in [0.25, 0.3) is 68.5 Å². The summed E-state index contributed by atoms with van der Waals surface area (Å²) in [6.45, 7) is 19.1. The van der Waals surface area contributed by atoms with E-state index in [0.29, 0.717) is 115 Å². The summed E-state index contributed by atoms with van der Waals surface area (Å²) in [5.74, 6) is 7.17. The molecule has 3 atom stereocenters. The van der Waals surface area contributed by atoms with E-state index in [1.54, 1.807) is 0 Å². The molecule has 3 aromatic heterocycles. The summed E-state index contributed by atoms with van der Waals surface area (Å²) in [6.07, 6.45) is 5.16. The smallest absolute Gasteiger partial charge is 0.258 e. The van der Waals surface area contributed by atoms with Crippen molar-refractivity contribution in [3.05, 3.63) is 143 Å². The molecule has 3 aliphatic carbocycles. The van der Waals surface area contributed by atoms with Gasteiger partial charge in [-0.3, -0.25) is 0 Å². The van der Waals surface area contributed by atoms with Crippen molar-refractivity contribution in [3.63, 3.8) is 0 Å². The fourth-order valence-corrected chi connectivity index (χ4v) is 11.7. The van der Waals surface area contributed by atoms with E-state index in [-0.39, 0.29) is 18.2 Å². The molecule has 0 amide bonds. The van der Waals surface area contributed by atoms with E-state index in [1.807, 2.05) is 140 Å². The standard InChI is InChI=1S/C25H31N3O4.C23H27N3O3.C21H22N2O4/c1-5-30-21-13-10-16(14-22(21)31-6-2)24-26-23(28-32-24)19-9-7-8-18-17(19)11-12-20(18)27-25(3,4)15-29;1-5-27-20-13-10-15(14-21(20)28-6-2)23-24-22(25-29-23)18-9-7-8-17-16(18)11-12-19(17)26(3)4;1-3-25-18-11-8-13(12-19(18)26-4-2)21-22-20(23-27-21)16-7-5-6-15-14(16)9-10-17(15)24/h7-10,13-14,20,27,29H,5-6,11-12,15H2,1-4H3;7-10,13-14,19H,5-6,11-12H2,1-4H3;5-8,11-12,17,24H,3-4,9-10H2,1-2H3. The molecule has 0 spiro atoms. The molecule has 12 rings (SSSR count). The highest BCUT2D eigenvalue weighted by molar-refractivity contribution is 5.70. The number of fused-ring (bicyclic) bond motifs is 3. The second-order valence-corrected chi connectivity index (χ2v) is 22.3. The average Bonchev–Trinajstić information content (AvgIpc) is 2.59. The zero-order valence-corrected chi connectivity index (χ0v) is 52.0. The first-order chi connectivity index (χ1) is 42.8. The van der Waals surface area contributed by atoms with Gasteiger partial charge >= 0.3 is 0 Å². The fourth-order valence-electron chi connectivity index (χ4n) is 11.7. The van der Waals surface area contributed by atoms with Crippen LogP contribution >= 0.6 is 0 Å². The molecule has 0 saturated carbocycles. The maximum atomic E-state index is 10.1. The predicted octanol–water partition coefficient (Wildman–Crippen LogP) is 13.5. The van der Waals surface area contributed by atoms with Gasteiger partial charge in [-0.25, -0.2) is 0 Å². The summed E-state index contributed by atoms with van der Waals surface area (Å²) in [4.78, 5) is 16.2. The Hall–Kier alpha value is -8.62. The summed E-state index contributed by atoms with van der Waals surface area (Å²) in [6, 6.07) is 36.0. The number of aliphatic hydroxyl groups is 2. The number of ether oxygens (including phenoxy) is 6. The van der Waals surface area contributed by atoms with Crippen molar-refractivity contribution in [1.82, 2.24) is 40.6 Å². The lowest BCUT2D eigenvalue weighted by Crippen LogP contribution is -2.44. The van der Waals surface area contributed by atoms with Crippen LogP contribution in [0.5, 0.6) is 34.5 Å². The van der Waals surface area contributed by atoms with Gasteiger partial charge in [0.15, 0.2) is 34.5 Å². The average molecular weight is 1200 g/mol. The largest absolute Gasteiger partial charge is 0.490 e. The van der Waals surface area contributed by atoms with E-state index in [2.05, 4.69) is 79.0 Å². The summed E-state index contributed by atoms with van der Waals surface area (Å²) < 4.78 is 50.7. The second kappa shape index (κ2) is 28.5. The maximum absolute atomic E-state index is 10.1. The Morgan fingerprint density at radius 3 is 1.25 bits per heavy atom. The number of aromatic nitrogens is 6. The molecule has 0 fully saturated rings. The first kappa shape index (κ1) is 62.4. The predicted molar refractivity (Wildman–Crippen MR) is 336 cm³/mol. The van der Waals surface area contributed by atoms with Gasteiger partial charge in [-0.15, -0.1) is 0 Å². The minimum Gasteiger partial charge on any atom is -0.490 e. The van der Waals surface area contributed by atoms with Crippen LogP contribution in [0.3, 0.4) is 0 Å². The number of rotatable bonds is 22. The van der Waals surface area contributed by atoms with Crippen molar-refractivity contribution in [2.24, 2.45) is 0 Å². The van der Waals surface area contributed by atoms with Crippen LogP contribution in [0.15, 0.2) is 123 Å². The van der Waals surface area contributed by atoms with Crippen LogP contribution in [0, 0.1) is 0 Å². The molecule has 6 aromatic carbocycles. The molecule has 3 heterocycles. The Labute approximate surface area is 514 Å². The lowest BCUT2D eigenvalue weighted by molar-refractivity contribution is 0.175. The third kappa shape index (κ3) is 13.9. The summed E-state index contributed by atoms with van der Waals surface area (Å²) in [5.41, 5.74) is 12.2. The van der Waals surface area contributed by atoms with Crippen LogP contribution in [0.4, 0.5) is 0 Å². The number of nitrogens with one attached hydrogen (secondary N) is 1. The molecular formula is C69H80N8O11. The van der Waals surface area contributed by atoms with Gasteiger partial charge in [0.1, 0.15) is 0 Å². The minimum atomic E-state index is -0.411. The number of hydrogen-bond donors (Lipinski definition) is 3. The van der Waals surface area contributed by atoms with Crippen molar-refractivity contribution >= 4 is 0 Å². The molecule has 0 aliphatic heterocycles. The molecule has 19 nitrogen and oxygen atoms in total. The number of aliphatic hydroxyl groups excluding tert-OH is 2. The molecule has 462 valence electrons. The zero-order valence-electron chi connectivity index (χ0n) is 52.0. The van der Waals surface area contributed by atoms with E-state index in [0.717, 1.165) is 83.0 Å². The maximum Gasteiger partial charge on any atom is 0.258 e. The van der Waals surface area contributed by atoms with Gasteiger partial charge in [-0.1, -0.05) is 70.1 Å². The van der Waals surface area contributed by atoms with Gasteiger partial charge in [-0.2, -0.15) is 15.0 Å². The van der Waals surface area contributed by atoms with Gasteiger partial charge in [0, 0.05) is 51.0 Å². The highest BCUT2D eigenvalue weighted by Gasteiger charge is 2.32. The van der Waals surface area contributed by atoms with E-state index in [4.69, 9.17) is 42.0 Å². The fraction of sp³-hybridized carbons (Fsp3) is 0.391. The van der Waals surface area contributed by atoms with Crippen molar-refractivity contribution in [3.8, 4) is 103 Å². The molecule has 0 radical (unpaired) electrons. The van der Waals surface area contributed by atoms with Gasteiger partial charge in [0.2, 0.25) is 17.5 Å². The second-order valence-electron chi connectivity index (χ2n) is 22.3. The molecule has 0 saturated heterocycles. The Bertz CT molecular complexity index is 3800. The Kier molecular flexibility index (Phi) is 20.2. The lowest BCUT2D eigenvalue weighted by atomic mass is 9.99. The third-order valence-electron chi connectivity index (χ3n) is 15.7. The van der Waals surface area contributed by atoms with Crippen molar-refractivity contribution in [1.29, 1.82) is 0 Å². The molecule has 3 unspecified atom stereocenters. The van der Waals surface area contributed by atoms with E-state index >= 15 is 0 Å². The summed E-state index contributed by atoms with van der Waals surface area (Å²) >= 11 is 0. The van der Waals surface area contributed by atoms with Crippen LogP contribution < -0.4 is 33.7 Å². The van der Waals surface area contributed by atoms with E-state index in [9.17, 15) is 10.2 Å². The Morgan fingerprint density at radius 2 is 0.841 bits per heavy atom. The molecule has 88 heavy (non-hydrogen) atoms. The normalized spacial score (nSPS) is 15.6. The van der Waals surface area contributed by atoms with E-state index in [1.165, 1.54) is 22.3 Å². The molecule has 19 heteroatoms. The number of benzene rings is 6. The quantitative estimate of drug-likeness (QED) is 0.0573. The first-order valence-corrected chi connectivity index (χ1v) is 30.6. The van der Waals surface area contributed by atoms with Gasteiger partial charge < -0.3 is 62.4 Å². The molecule has 0 bridgehead atoms. The van der Waals surface area contributed by atoms with Crippen LogP contribution in [-0.4, -0.2) is 111 Å². The van der Waals surface area contributed by atoms with Crippen molar-refractivity contribution < 1.29 is 52.2 Å². The molecule has 9 aromatic rings. The summed E-state index contributed by atoms with van der Waals surface area (Å²) in [5, 5.41) is 36.0. The number of nitrogens with zero attached hydrogens (tertiary/aromatic N) is 7. The first-order valence-electron chi connectivity index (χ1n) is 30.6. The SMILES string of the molecule is CCOc1ccc(-c2nc(-c3cccc4c3CCC4N(C)C)no2)cc1OCC.CCOc1ccc(-c2nc(-c3cccc4c3CCC4NC(C)(C)CO)no2)cc1OCC.CCOc1ccc(-c2nc(-c3cccc4c3CCC4O)no2)cc1OCC. The van der Waals surface area contributed by atoms with Gasteiger partial charge in [0.25, 0.3) is 17.7 Å². The molecule has 3 N–H and O–H groups in total. The van der Waals surface area contributed by atoms with Gasteiger partial charge in [0.05, 0.1) is 52.4 Å². The van der Waals surface area contributed by atoms with Crippen molar-refractivity contribution in [2.45, 2.75) is 118 Å². The highest BCUT2D eigenvalue weighted by atomic mass is 16.5. The molecule has 3 aliphatic rings.